The van der Waals surface area contributed by atoms with Gasteiger partial charge in [-0.1, -0.05) is 6.07 Å². The van der Waals surface area contributed by atoms with Gasteiger partial charge in [0.05, 0.1) is 26.4 Å². The highest BCUT2D eigenvalue weighted by Gasteiger charge is 2.26. The van der Waals surface area contributed by atoms with E-state index in [9.17, 15) is 0 Å². The summed E-state index contributed by atoms with van der Waals surface area (Å²) in [4.78, 5) is 3.61. The standard InChI is InChI=1S/C22H26N2O3/c1-13(2)27-19-8-5-14(11-20(19)26-4)21-22-16(9-10-23-21)17-12-15(25-3)6-7-18(17)24-22/h5-8,11-13,21,23-24H,9-10H2,1-4H3/t21-/m0/s1. The summed E-state index contributed by atoms with van der Waals surface area (Å²) in [5, 5.41) is 4.87. The van der Waals surface area contributed by atoms with Crippen LogP contribution in [-0.4, -0.2) is 31.9 Å². The van der Waals surface area contributed by atoms with Crippen LogP contribution in [0.5, 0.6) is 17.2 Å². The molecular formula is C22H26N2O3. The first-order chi connectivity index (χ1) is 13.1. The average Bonchev–Trinajstić information content (AvgIpc) is 3.05. The Hall–Kier alpha value is -2.66. The molecule has 5 nitrogen and oxygen atoms in total. The van der Waals surface area contributed by atoms with Crippen LogP contribution in [0, 0.1) is 0 Å². The summed E-state index contributed by atoms with van der Waals surface area (Å²) in [6.07, 6.45) is 1.10. The predicted molar refractivity (Wildman–Crippen MR) is 107 cm³/mol. The average molecular weight is 366 g/mol. The summed E-state index contributed by atoms with van der Waals surface area (Å²) in [6.45, 7) is 4.95. The first-order valence-corrected chi connectivity index (χ1v) is 9.37. The fourth-order valence-corrected chi connectivity index (χ4v) is 3.83. The van der Waals surface area contributed by atoms with Crippen LogP contribution in [0.1, 0.15) is 36.7 Å². The molecule has 0 bridgehead atoms. The molecule has 1 aliphatic heterocycles. The maximum Gasteiger partial charge on any atom is 0.161 e. The van der Waals surface area contributed by atoms with Crippen molar-refractivity contribution in [2.75, 3.05) is 20.8 Å². The minimum atomic E-state index is 0.0918. The maximum atomic E-state index is 5.85. The zero-order chi connectivity index (χ0) is 19.0. The van der Waals surface area contributed by atoms with Gasteiger partial charge in [0.2, 0.25) is 0 Å². The second-order valence-corrected chi connectivity index (χ2v) is 7.14. The number of aromatic amines is 1. The first-order valence-electron chi connectivity index (χ1n) is 9.37. The van der Waals surface area contributed by atoms with Gasteiger partial charge in [-0.05, 0) is 61.7 Å². The van der Waals surface area contributed by atoms with Gasteiger partial charge in [-0.2, -0.15) is 0 Å². The van der Waals surface area contributed by atoms with Gasteiger partial charge in [-0.15, -0.1) is 0 Å². The van der Waals surface area contributed by atoms with Crippen molar-refractivity contribution >= 4 is 10.9 Å². The lowest BCUT2D eigenvalue weighted by Gasteiger charge is -2.25. The van der Waals surface area contributed by atoms with Crippen LogP contribution in [-0.2, 0) is 6.42 Å². The minimum Gasteiger partial charge on any atom is -0.497 e. The summed E-state index contributed by atoms with van der Waals surface area (Å²) in [5.41, 5.74) is 4.86. The number of fused-ring (bicyclic) bond motifs is 3. The molecule has 4 rings (SSSR count). The summed E-state index contributed by atoms with van der Waals surface area (Å²) < 4.78 is 16.8. The summed E-state index contributed by atoms with van der Waals surface area (Å²) >= 11 is 0. The number of methoxy groups -OCH3 is 2. The Bertz CT molecular complexity index is 962. The van der Waals surface area contributed by atoms with Gasteiger partial charge in [0.1, 0.15) is 5.75 Å². The molecule has 2 heterocycles. The van der Waals surface area contributed by atoms with Crippen LogP contribution in [0.15, 0.2) is 36.4 Å². The Morgan fingerprint density at radius 1 is 1.00 bits per heavy atom. The maximum absolute atomic E-state index is 5.85. The van der Waals surface area contributed by atoms with Crippen LogP contribution in [0.25, 0.3) is 10.9 Å². The molecule has 0 fully saturated rings. The highest BCUT2D eigenvalue weighted by molar-refractivity contribution is 5.86. The van der Waals surface area contributed by atoms with Gasteiger partial charge in [0.15, 0.2) is 11.5 Å². The third-order valence-corrected chi connectivity index (χ3v) is 5.04. The number of nitrogens with one attached hydrogen (secondary N) is 2. The summed E-state index contributed by atoms with van der Waals surface area (Å²) in [6, 6.07) is 12.5. The van der Waals surface area contributed by atoms with Crippen molar-refractivity contribution in [3.8, 4) is 17.2 Å². The van der Waals surface area contributed by atoms with E-state index >= 15 is 0 Å². The van der Waals surface area contributed by atoms with Crippen molar-refractivity contribution in [3.63, 3.8) is 0 Å². The lowest BCUT2D eigenvalue weighted by atomic mass is 9.94. The van der Waals surface area contributed by atoms with Crippen molar-refractivity contribution in [2.45, 2.75) is 32.4 Å². The zero-order valence-corrected chi connectivity index (χ0v) is 16.3. The van der Waals surface area contributed by atoms with Gasteiger partial charge in [-0.3, -0.25) is 0 Å². The molecule has 27 heavy (non-hydrogen) atoms. The molecule has 0 amide bonds. The van der Waals surface area contributed by atoms with Crippen LogP contribution in [0.2, 0.25) is 0 Å². The Labute approximate surface area is 159 Å². The van der Waals surface area contributed by atoms with Gasteiger partial charge >= 0.3 is 0 Å². The fraction of sp³-hybridized carbons (Fsp3) is 0.364. The van der Waals surface area contributed by atoms with E-state index in [1.807, 2.05) is 26.0 Å². The number of hydrogen-bond acceptors (Lipinski definition) is 4. The predicted octanol–water partition coefficient (Wildman–Crippen LogP) is 4.21. The molecule has 1 aliphatic rings. The van der Waals surface area contributed by atoms with Crippen LogP contribution >= 0.6 is 0 Å². The third kappa shape index (κ3) is 3.23. The van der Waals surface area contributed by atoms with E-state index in [2.05, 4.69) is 34.6 Å². The van der Waals surface area contributed by atoms with Crippen molar-refractivity contribution < 1.29 is 14.2 Å². The Kier molecular flexibility index (Phi) is 4.70. The molecule has 3 aromatic rings. The van der Waals surface area contributed by atoms with Gasteiger partial charge < -0.3 is 24.5 Å². The molecule has 2 N–H and O–H groups in total. The Balaban J connectivity index is 1.76. The van der Waals surface area contributed by atoms with E-state index in [0.717, 1.165) is 41.3 Å². The third-order valence-electron chi connectivity index (χ3n) is 5.04. The summed E-state index contributed by atoms with van der Waals surface area (Å²) in [7, 11) is 3.39. The molecule has 142 valence electrons. The molecule has 0 spiro atoms. The SMILES string of the molecule is COc1ccc2[nH]c3c(c2c1)CCN[C@H]3c1ccc(OC(C)C)c(OC)c1. The van der Waals surface area contributed by atoms with Crippen molar-refractivity contribution in [2.24, 2.45) is 0 Å². The minimum absolute atomic E-state index is 0.0918. The van der Waals surface area contributed by atoms with E-state index in [-0.39, 0.29) is 12.1 Å². The van der Waals surface area contributed by atoms with Gasteiger partial charge in [0, 0.05) is 23.1 Å². The largest absolute Gasteiger partial charge is 0.497 e. The van der Waals surface area contributed by atoms with E-state index in [1.165, 1.54) is 16.6 Å². The van der Waals surface area contributed by atoms with Gasteiger partial charge in [0.25, 0.3) is 0 Å². The normalized spacial score (nSPS) is 16.4. The molecule has 0 unspecified atom stereocenters. The molecule has 0 saturated heterocycles. The van der Waals surface area contributed by atoms with Crippen LogP contribution in [0.3, 0.4) is 0 Å². The van der Waals surface area contributed by atoms with E-state index in [1.54, 1.807) is 14.2 Å². The lowest BCUT2D eigenvalue weighted by molar-refractivity contribution is 0.230. The number of hydrogen-bond donors (Lipinski definition) is 2. The Morgan fingerprint density at radius 3 is 2.59 bits per heavy atom. The number of aromatic nitrogens is 1. The highest BCUT2D eigenvalue weighted by atomic mass is 16.5. The molecule has 0 aliphatic carbocycles. The number of rotatable bonds is 5. The van der Waals surface area contributed by atoms with E-state index in [4.69, 9.17) is 14.2 Å². The number of ether oxygens (including phenoxy) is 3. The second-order valence-electron chi connectivity index (χ2n) is 7.14. The molecule has 1 aromatic heterocycles. The molecule has 5 heteroatoms. The topological polar surface area (TPSA) is 55.5 Å². The molecule has 0 radical (unpaired) electrons. The van der Waals surface area contributed by atoms with Crippen molar-refractivity contribution in [3.05, 3.63) is 53.2 Å². The molecular weight excluding hydrogens is 340 g/mol. The van der Waals surface area contributed by atoms with Crippen LogP contribution < -0.4 is 19.5 Å². The van der Waals surface area contributed by atoms with Crippen molar-refractivity contribution in [1.29, 1.82) is 0 Å². The lowest BCUT2D eigenvalue weighted by Crippen LogP contribution is -2.30. The van der Waals surface area contributed by atoms with Gasteiger partial charge in [-0.25, -0.2) is 0 Å². The number of H-pyrrole nitrogens is 1. The smallest absolute Gasteiger partial charge is 0.161 e. The van der Waals surface area contributed by atoms with E-state index in [0.29, 0.717) is 0 Å². The quantitative estimate of drug-likeness (QED) is 0.710. The first kappa shape index (κ1) is 17.7. The fourth-order valence-electron chi connectivity index (χ4n) is 3.83. The van der Waals surface area contributed by atoms with E-state index < -0.39 is 0 Å². The Morgan fingerprint density at radius 2 is 1.85 bits per heavy atom. The molecule has 2 aromatic carbocycles. The number of benzene rings is 2. The highest BCUT2D eigenvalue weighted by Crippen LogP contribution is 2.38. The second kappa shape index (κ2) is 7.16. The van der Waals surface area contributed by atoms with Crippen molar-refractivity contribution in [1.82, 2.24) is 10.3 Å². The molecule has 0 saturated carbocycles. The summed E-state index contributed by atoms with van der Waals surface area (Å²) in [5.74, 6) is 2.41. The van der Waals surface area contributed by atoms with Crippen LogP contribution in [0.4, 0.5) is 0 Å². The zero-order valence-electron chi connectivity index (χ0n) is 16.3. The monoisotopic (exact) mass is 366 g/mol. The molecule has 1 atom stereocenters.